The average Bonchev–Trinajstić information content (AvgIpc) is 3.38. The minimum absolute atomic E-state index is 0.0224. The Hall–Kier alpha value is -2.15. The van der Waals surface area contributed by atoms with Gasteiger partial charge in [-0.25, -0.2) is 4.98 Å². The van der Waals surface area contributed by atoms with E-state index < -0.39 is 17.6 Å². The Labute approximate surface area is 143 Å². The second-order valence-electron chi connectivity index (χ2n) is 6.31. The van der Waals surface area contributed by atoms with E-state index in [4.69, 9.17) is 4.74 Å². The molecule has 3 rings (SSSR count). The van der Waals surface area contributed by atoms with Gasteiger partial charge in [0.1, 0.15) is 5.69 Å². The first-order chi connectivity index (χ1) is 11.8. The Morgan fingerprint density at radius 1 is 1.32 bits per heavy atom. The molecular formula is C18H19F3N2O2. The Morgan fingerprint density at radius 3 is 2.64 bits per heavy atom. The standard InChI is InChI=1S/C18H19F3N2O2/c1-10-7-15(17(24)22-5-6-25-2)23-16-13(10)8-12(11-3-4-11)9-14(16)18(19,20)21/h7-9,11H,3-6H2,1-2H3,(H,22,24). The number of hydrogen-bond acceptors (Lipinski definition) is 3. The van der Waals surface area contributed by atoms with E-state index in [0.717, 1.165) is 12.8 Å². The van der Waals surface area contributed by atoms with Crippen LogP contribution in [-0.4, -0.2) is 31.2 Å². The van der Waals surface area contributed by atoms with Crippen molar-refractivity contribution in [2.75, 3.05) is 20.3 Å². The second-order valence-corrected chi connectivity index (χ2v) is 6.31. The predicted octanol–water partition coefficient (Wildman–Crippen LogP) is 3.82. The molecule has 1 saturated carbocycles. The fourth-order valence-corrected chi connectivity index (χ4v) is 2.86. The monoisotopic (exact) mass is 352 g/mol. The normalized spacial score (nSPS) is 14.8. The van der Waals surface area contributed by atoms with Gasteiger partial charge in [0.2, 0.25) is 0 Å². The molecule has 1 heterocycles. The first kappa shape index (κ1) is 17.7. The number of halogens is 3. The van der Waals surface area contributed by atoms with Crippen molar-refractivity contribution in [1.29, 1.82) is 0 Å². The van der Waals surface area contributed by atoms with Crippen LogP contribution >= 0.6 is 0 Å². The van der Waals surface area contributed by atoms with Crippen LogP contribution in [0.2, 0.25) is 0 Å². The minimum atomic E-state index is -4.52. The van der Waals surface area contributed by atoms with Gasteiger partial charge in [-0.05, 0) is 55.0 Å². The van der Waals surface area contributed by atoms with E-state index in [9.17, 15) is 18.0 Å². The van der Waals surface area contributed by atoms with E-state index in [1.807, 2.05) is 0 Å². The van der Waals surface area contributed by atoms with Crippen LogP contribution in [-0.2, 0) is 10.9 Å². The number of amides is 1. The molecule has 0 unspecified atom stereocenters. The average molecular weight is 352 g/mol. The van der Waals surface area contributed by atoms with Crippen LogP contribution in [0.1, 0.15) is 45.9 Å². The fraction of sp³-hybridized carbons (Fsp3) is 0.444. The van der Waals surface area contributed by atoms with Crippen molar-refractivity contribution in [3.63, 3.8) is 0 Å². The Balaban J connectivity index is 2.09. The van der Waals surface area contributed by atoms with Crippen LogP contribution in [0, 0.1) is 6.92 Å². The maximum Gasteiger partial charge on any atom is 0.418 e. The molecule has 1 aliphatic rings. The third-order valence-electron chi connectivity index (χ3n) is 4.32. The van der Waals surface area contributed by atoms with Crippen molar-refractivity contribution in [3.05, 3.63) is 40.6 Å². The SMILES string of the molecule is COCCNC(=O)c1cc(C)c2cc(C3CC3)cc(C(F)(F)F)c2n1. The number of carbonyl (C=O) groups excluding carboxylic acids is 1. The Kier molecular flexibility index (Phi) is 4.69. The molecule has 0 saturated heterocycles. The molecule has 1 amide bonds. The molecule has 1 aromatic heterocycles. The van der Waals surface area contributed by atoms with E-state index >= 15 is 0 Å². The highest BCUT2D eigenvalue weighted by molar-refractivity contribution is 5.97. The van der Waals surface area contributed by atoms with Gasteiger partial charge in [0.15, 0.2) is 0 Å². The molecule has 0 atom stereocenters. The summed E-state index contributed by atoms with van der Waals surface area (Å²) < 4.78 is 45.5. The van der Waals surface area contributed by atoms with Crippen molar-refractivity contribution in [3.8, 4) is 0 Å². The number of pyridine rings is 1. The molecule has 1 aromatic carbocycles. The highest BCUT2D eigenvalue weighted by Gasteiger charge is 2.36. The maximum atomic E-state index is 13.5. The Morgan fingerprint density at radius 2 is 2.04 bits per heavy atom. The molecule has 134 valence electrons. The zero-order chi connectivity index (χ0) is 18.2. The van der Waals surface area contributed by atoms with Gasteiger partial charge >= 0.3 is 6.18 Å². The fourth-order valence-electron chi connectivity index (χ4n) is 2.86. The zero-order valence-corrected chi connectivity index (χ0v) is 14.0. The van der Waals surface area contributed by atoms with Crippen molar-refractivity contribution in [2.24, 2.45) is 0 Å². The molecule has 25 heavy (non-hydrogen) atoms. The molecule has 0 spiro atoms. The number of aryl methyl sites for hydroxylation is 1. The van der Waals surface area contributed by atoms with Gasteiger partial charge in [0, 0.05) is 19.0 Å². The van der Waals surface area contributed by atoms with Gasteiger partial charge in [-0.1, -0.05) is 0 Å². The molecule has 0 radical (unpaired) electrons. The maximum absolute atomic E-state index is 13.5. The first-order valence-electron chi connectivity index (χ1n) is 8.11. The lowest BCUT2D eigenvalue weighted by Gasteiger charge is -2.15. The number of methoxy groups -OCH3 is 1. The van der Waals surface area contributed by atoms with Crippen molar-refractivity contribution in [2.45, 2.75) is 31.9 Å². The van der Waals surface area contributed by atoms with Gasteiger partial charge in [0.05, 0.1) is 17.7 Å². The van der Waals surface area contributed by atoms with Crippen LogP contribution in [0.4, 0.5) is 13.2 Å². The molecule has 1 aliphatic carbocycles. The third-order valence-corrected chi connectivity index (χ3v) is 4.32. The lowest BCUT2D eigenvalue weighted by Crippen LogP contribution is -2.28. The third kappa shape index (κ3) is 3.76. The number of alkyl halides is 3. The van der Waals surface area contributed by atoms with Gasteiger partial charge in [-0.15, -0.1) is 0 Å². The zero-order valence-electron chi connectivity index (χ0n) is 14.0. The number of rotatable bonds is 5. The summed E-state index contributed by atoms with van der Waals surface area (Å²) in [5.41, 5.74) is 0.332. The van der Waals surface area contributed by atoms with Crippen molar-refractivity contribution >= 4 is 16.8 Å². The number of nitrogens with one attached hydrogen (secondary N) is 1. The molecule has 7 heteroatoms. The van der Waals surface area contributed by atoms with E-state index in [1.165, 1.54) is 19.2 Å². The lowest BCUT2D eigenvalue weighted by molar-refractivity contribution is -0.136. The summed E-state index contributed by atoms with van der Waals surface area (Å²) in [7, 11) is 1.50. The number of nitrogens with zero attached hydrogens (tertiary/aromatic N) is 1. The predicted molar refractivity (Wildman–Crippen MR) is 87.7 cm³/mol. The first-order valence-corrected chi connectivity index (χ1v) is 8.11. The number of ether oxygens (including phenoxy) is 1. The lowest BCUT2D eigenvalue weighted by atomic mass is 9.98. The van der Waals surface area contributed by atoms with Gasteiger partial charge in [-0.3, -0.25) is 4.79 Å². The van der Waals surface area contributed by atoms with E-state index in [0.29, 0.717) is 23.1 Å². The summed E-state index contributed by atoms with van der Waals surface area (Å²) in [4.78, 5) is 16.2. The molecule has 0 bridgehead atoms. The number of benzene rings is 1. The van der Waals surface area contributed by atoms with Gasteiger partial charge < -0.3 is 10.1 Å². The molecule has 2 aromatic rings. The summed E-state index contributed by atoms with van der Waals surface area (Å²) in [6, 6.07) is 4.48. The largest absolute Gasteiger partial charge is 0.418 e. The van der Waals surface area contributed by atoms with Crippen molar-refractivity contribution in [1.82, 2.24) is 10.3 Å². The highest BCUT2D eigenvalue weighted by Crippen LogP contribution is 2.44. The molecule has 1 fully saturated rings. The molecule has 4 nitrogen and oxygen atoms in total. The summed E-state index contributed by atoms with van der Waals surface area (Å²) >= 11 is 0. The number of hydrogen-bond donors (Lipinski definition) is 1. The number of aromatic nitrogens is 1. The highest BCUT2D eigenvalue weighted by atomic mass is 19.4. The Bertz CT molecular complexity index is 814. The quantitative estimate of drug-likeness (QED) is 0.833. The summed E-state index contributed by atoms with van der Waals surface area (Å²) in [6.45, 7) is 2.28. The van der Waals surface area contributed by atoms with E-state index in [-0.39, 0.29) is 23.7 Å². The summed E-state index contributed by atoms with van der Waals surface area (Å²) in [5, 5.41) is 3.03. The van der Waals surface area contributed by atoms with Crippen LogP contribution in [0.3, 0.4) is 0 Å². The van der Waals surface area contributed by atoms with Crippen LogP contribution in [0.15, 0.2) is 18.2 Å². The summed E-state index contributed by atoms with van der Waals surface area (Å²) in [6.07, 6.45) is -2.70. The van der Waals surface area contributed by atoms with Crippen molar-refractivity contribution < 1.29 is 22.7 Å². The second kappa shape index (κ2) is 6.63. The molecule has 0 aliphatic heterocycles. The van der Waals surface area contributed by atoms with Gasteiger partial charge in [-0.2, -0.15) is 13.2 Å². The topological polar surface area (TPSA) is 51.2 Å². The number of fused-ring (bicyclic) bond motifs is 1. The molecular weight excluding hydrogens is 333 g/mol. The smallest absolute Gasteiger partial charge is 0.383 e. The van der Waals surface area contributed by atoms with Crippen LogP contribution in [0.5, 0.6) is 0 Å². The van der Waals surface area contributed by atoms with E-state index in [1.54, 1.807) is 13.0 Å². The van der Waals surface area contributed by atoms with E-state index in [2.05, 4.69) is 10.3 Å². The van der Waals surface area contributed by atoms with Crippen LogP contribution in [0.25, 0.3) is 10.9 Å². The summed E-state index contributed by atoms with van der Waals surface area (Å²) in [5.74, 6) is -0.316. The van der Waals surface area contributed by atoms with Gasteiger partial charge in [0.25, 0.3) is 5.91 Å². The number of carbonyl (C=O) groups is 1. The molecule has 1 N–H and O–H groups in total. The van der Waals surface area contributed by atoms with Crippen LogP contribution < -0.4 is 5.32 Å². The minimum Gasteiger partial charge on any atom is -0.383 e.